The van der Waals surface area contributed by atoms with Crippen LogP contribution in [0.4, 0.5) is 18.9 Å². The van der Waals surface area contributed by atoms with E-state index >= 15 is 0 Å². The van der Waals surface area contributed by atoms with Gasteiger partial charge in [-0.3, -0.25) is 9.78 Å². The first-order valence-electron chi connectivity index (χ1n) is 8.27. The number of carbonyl (C=O) groups excluding carboxylic acids is 1. The average Bonchev–Trinajstić information content (AvgIpc) is 2.66. The molecule has 2 aromatic rings. The highest BCUT2D eigenvalue weighted by Gasteiger charge is 2.34. The van der Waals surface area contributed by atoms with Gasteiger partial charge in [-0.1, -0.05) is 0 Å². The van der Waals surface area contributed by atoms with Crippen LogP contribution in [-0.2, 0) is 28.7 Å². The number of ether oxygens (including phenoxy) is 3. The summed E-state index contributed by atoms with van der Waals surface area (Å²) in [5.41, 5.74) is 1.50. The maximum atomic E-state index is 12.7. The molecule has 1 atom stereocenters. The summed E-state index contributed by atoms with van der Waals surface area (Å²) in [5.74, 6) is -0.424. The van der Waals surface area contributed by atoms with Gasteiger partial charge in [0.15, 0.2) is 11.5 Å². The zero-order valence-electron chi connectivity index (χ0n) is 14.0. The van der Waals surface area contributed by atoms with Gasteiger partial charge in [0.1, 0.15) is 6.61 Å². The van der Waals surface area contributed by atoms with Crippen LogP contribution >= 0.6 is 0 Å². The molecule has 0 aliphatic carbocycles. The van der Waals surface area contributed by atoms with E-state index in [-0.39, 0.29) is 18.1 Å². The number of nitrogens with one attached hydrogen (secondary N) is 1. The Balaban J connectivity index is 1.45. The fraction of sp³-hybridized carbons (Fsp3) is 0.333. The number of benzene rings is 1. The summed E-state index contributed by atoms with van der Waals surface area (Å²) in [6, 6.07) is 4.68. The van der Waals surface area contributed by atoms with Crippen molar-refractivity contribution >= 4 is 11.6 Å². The van der Waals surface area contributed by atoms with Crippen LogP contribution in [0.1, 0.15) is 16.8 Å². The van der Waals surface area contributed by atoms with Gasteiger partial charge in [0.25, 0.3) is 5.91 Å². The predicted octanol–water partition coefficient (Wildman–Crippen LogP) is 2.95. The van der Waals surface area contributed by atoms with E-state index in [1.165, 1.54) is 0 Å². The number of carbonyl (C=O) groups is 1. The predicted molar refractivity (Wildman–Crippen MR) is 87.6 cm³/mol. The van der Waals surface area contributed by atoms with Gasteiger partial charge in [-0.05, 0) is 24.3 Å². The molecular formula is C18H15F3N2O4. The van der Waals surface area contributed by atoms with Crippen molar-refractivity contribution in [3.63, 3.8) is 0 Å². The highest BCUT2D eigenvalue weighted by atomic mass is 19.4. The van der Waals surface area contributed by atoms with E-state index in [4.69, 9.17) is 14.2 Å². The minimum Gasteiger partial charge on any atom is -0.485 e. The normalized spacial score (nSPS) is 18.6. The Morgan fingerprint density at radius 1 is 1.22 bits per heavy atom. The molecular weight excluding hydrogens is 365 g/mol. The lowest BCUT2D eigenvalue weighted by Gasteiger charge is -2.26. The molecule has 1 amide bonds. The zero-order chi connectivity index (χ0) is 19.0. The fourth-order valence-corrected chi connectivity index (χ4v) is 2.91. The summed E-state index contributed by atoms with van der Waals surface area (Å²) < 4.78 is 54.4. The molecule has 0 fully saturated rings. The van der Waals surface area contributed by atoms with E-state index in [0.717, 1.165) is 35.9 Å². The number of alkyl halides is 3. The standard InChI is InChI=1S/C18H15F3N2O4/c19-18(20,21)11-1-2-14-15(6-11)26-9-16(27-14)17(24)23-12-5-10-8-25-4-3-13(10)22-7-12/h1-2,5-7,16H,3-4,8-9H2,(H,23,24). The van der Waals surface area contributed by atoms with Crippen molar-refractivity contribution in [2.45, 2.75) is 25.3 Å². The molecule has 0 spiro atoms. The van der Waals surface area contributed by atoms with Crippen molar-refractivity contribution in [3.05, 3.63) is 47.3 Å². The number of pyridine rings is 1. The minimum absolute atomic E-state index is 0.0403. The molecule has 27 heavy (non-hydrogen) atoms. The van der Waals surface area contributed by atoms with E-state index in [1.807, 2.05) is 0 Å². The Hall–Kier alpha value is -2.81. The first kappa shape index (κ1) is 17.6. The third-order valence-corrected chi connectivity index (χ3v) is 4.29. The van der Waals surface area contributed by atoms with Crippen LogP contribution in [0.25, 0.3) is 0 Å². The second-order valence-corrected chi connectivity index (χ2v) is 6.20. The molecule has 2 aliphatic heterocycles. The highest BCUT2D eigenvalue weighted by Crippen LogP contribution is 2.38. The third-order valence-electron chi connectivity index (χ3n) is 4.29. The summed E-state index contributed by atoms with van der Waals surface area (Å²) in [6.07, 6.45) is -3.19. The Bertz CT molecular complexity index is 885. The molecule has 0 saturated carbocycles. The zero-order valence-corrected chi connectivity index (χ0v) is 14.0. The van der Waals surface area contributed by atoms with E-state index in [2.05, 4.69) is 10.3 Å². The Kier molecular flexibility index (Phi) is 4.39. The fourth-order valence-electron chi connectivity index (χ4n) is 2.91. The second-order valence-electron chi connectivity index (χ2n) is 6.20. The lowest BCUT2D eigenvalue weighted by atomic mass is 10.1. The highest BCUT2D eigenvalue weighted by molar-refractivity contribution is 5.94. The van der Waals surface area contributed by atoms with Gasteiger partial charge in [0.2, 0.25) is 6.10 Å². The number of hydrogen-bond donors (Lipinski definition) is 1. The minimum atomic E-state index is -4.48. The number of fused-ring (bicyclic) bond motifs is 2. The molecule has 1 unspecified atom stereocenters. The number of halogens is 3. The molecule has 0 bridgehead atoms. The lowest BCUT2D eigenvalue weighted by molar-refractivity contribution is -0.138. The van der Waals surface area contributed by atoms with E-state index in [9.17, 15) is 18.0 Å². The van der Waals surface area contributed by atoms with Crippen LogP contribution in [0.15, 0.2) is 30.5 Å². The Morgan fingerprint density at radius 3 is 2.89 bits per heavy atom. The van der Waals surface area contributed by atoms with E-state index < -0.39 is 23.8 Å². The summed E-state index contributed by atoms with van der Waals surface area (Å²) in [7, 11) is 0. The van der Waals surface area contributed by atoms with Crippen LogP contribution in [0.3, 0.4) is 0 Å². The third kappa shape index (κ3) is 3.68. The molecule has 9 heteroatoms. The SMILES string of the molecule is O=C(Nc1cnc2c(c1)COCC2)C1COc2cc(C(F)(F)F)ccc2O1. The van der Waals surface area contributed by atoms with Crippen molar-refractivity contribution in [1.29, 1.82) is 0 Å². The first-order valence-corrected chi connectivity index (χ1v) is 8.27. The van der Waals surface area contributed by atoms with Crippen LogP contribution in [0.5, 0.6) is 11.5 Å². The number of anilines is 1. The molecule has 1 aromatic heterocycles. The average molecular weight is 380 g/mol. The molecule has 6 nitrogen and oxygen atoms in total. The number of hydrogen-bond acceptors (Lipinski definition) is 5. The topological polar surface area (TPSA) is 69.7 Å². The maximum Gasteiger partial charge on any atom is 0.416 e. The van der Waals surface area contributed by atoms with Crippen molar-refractivity contribution in [3.8, 4) is 11.5 Å². The lowest BCUT2D eigenvalue weighted by Crippen LogP contribution is -2.40. The van der Waals surface area contributed by atoms with Gasteiger partial charge < -0.3 is 19.5 Å². The van der Waals surface area contributed by atoms with Crippen molar-refractivity contribution in [2.75, 3.05) is 18.5 Å². The summed E-state index contributed by atoms with van der Waals surface area (Å²) in [4.78, 5) is 16.7. The number of nitrogens with zero attached hydrogens (tertiary/aromatic N) is 1. The molecule has 1 N–H and O–H groups in total. The monoisotopic (exact) mass is 380 g/mol. The summed E-state index contributed by atoms with van der Waals surface area (Å²) in [6.45, 7) is 0.861. The number of amides is 1. The summed E-state index contributed by atoms with van der Waals surface area (Å²) in [5, 5.41) is 2.69. The molecule has 2 aliphatic rings. The van der Waals surface area contributed by atoms with Crippen molar-refractivity contribution in [2.24, 2.45) is 0 Å². The van der Waals surface area contributed by atoms with Crippen LogP contribution in [-0.4, -0.2) is 30.2 Å². The smallest absolute Gasteiger partial charge is 0.416 e. The van der Waals surface area contributed by atoms with Crippen molar-refractivity contribution in [1.82, 2.24) is 4.98 Å². The van der Waals surface area contributed by atoms with Gasteiger partial charge >= 0.3 is 6.18 Å². The number of rotatable bonds is 2. The van der Waals surface area contributed by atoms with Crippen LogP contribution < -0.4 is 14.8 Å². The molecule has 4 rings (SSSR count). The molecule has 142 valence electrons. The van der Waals surface area contributed by atoms with E-state index in [0.29, 0.717) is 18.9 Å². The van der Waals surface area contributed by atoms with Gasteiger partial charge in [0.05, 0.1) is 30.7 Å². The Labute approximate surface area is 152 Å². The first-order chi connectivity index (χ1) is 12.9. The second kappa shape index (κ2) is 6.73. The molecule has 0 radical (unpaired) electrons. The van der Waals surface area contributed by atoms with Gasteiger partial charge in [-0.25, -0.2) is 0 Å². The number of aromatic nitrogens is 1. The maximum absolute atomic E-state index is 12.7. The molecule has 1 aromatic carbocycles. The van der Waals surface area contributed by atoms with Gasteiger partial charge in [-0.15, -0.1) is 0 Å². The Morgan fingerprint density at radius 2 is 2.07 bits per heavy atom. The van der Waals surface area contributed by atoms with Crippen LogP contribution in [0.2, 0.25) is 0 Å². The van der Waals surface area contributed by atoms with Crippen LogP contribution in [0, 0.1) is 0 Å². The largest absolute Gasteiger partial charge is 0.485 e. The summed E-state index contributed by atoms with van der Waals surface area (Å²) >= 11 is 0. The quantitative estimate of drug-likeness (QED) is 0.868. The van der Waals surface area contributed by atoms with Crippen molar-refractivity contribution < 1.29 is 32.2 Å². The van der Waals surface area contributed by atoms with Gasteiger partial charge in [0, 0.05) is 17.7 Å². The molecule has 0 saturated heterocycles. The molecule has 3 heterocycles. The van der Waals surface area contributed by atoms with Gasteiger partial charge in [-0.2, -0.15) is 13.2 Å². The van der Waals surface area contributed by atoms with E-state index in [1.54, 1.807) is 12.3 Å².